The molecular formula is C15H11FN2O. The molecule has 0 spiro atoms. The molecular weight excluding hydrogens is 243 g/mol. The van der Waals surface area contributed by atoms with E-state index in [4.69, 9.17) is 10.1 Å². The molecule has 4 heteroatoms. The lowest BCUT2D eigenvalue weighted by Gasteiger charge is -2.00. The number of halogens is 1. The molecule has 94 valence electrons. The molecule has 19 heavy (non-hydrogen) atoms. The number of nitriles is 1. The monoisotopic (exact) mass is 254 g/mol. The lowest BCUT2D eigenvalue weighted by atomic mass is 10.2. The van der Waals surface area contributed by atoms with Crippen molar-refractivity contribution in [1.82, 2.24) is 0 Å². The fourth-order valence-electron chi connectivity index (χ4n) is 1.46. The molecule has 0 aromatic heterocycles. The van der Waals surface area contributed by atoms with E-state index in [0.29, 0.717) is 11.1 Å². The maximum absolute atomic E-state index is 13.2. The van der Waals surface area contributed by atoms with Gasteiger partial charge in [-0.1, -0.05) is 35.5 Å². The highest BCUT2D eigenvalue weighted by atomic mass is 19.1. The molecule has 2 aromatic rings. The highest BCUT2D eigenvalue weighted by molar-refractivity contribution is 5.79. The number of oxime groups is 1. The van der Waals surface area contributed by atoms with Crippen molar-refractivity contribution in [2.24, 2.45) is 5.16 Å². The number of rotatable bonds is 4. The molecule has 2 aromatic carbocycles. The molecule has 0 bridgehead atoms. The largest absolute Gasteiger partial charge is 0.391 e. The summed E-state index contributed by atoms with van der Waals surface area (Å²) in [6.45, 7) is 0.274. The minimum absolute atomic E-state index is 0.274. The zero-order chi connectivity index (χ0) is 13.5. The van der Waals surface area contributed by atoms with Crippen LogP contribution in [0.2, 0.25) is 0 Å². The first kappa shape index (κ1) is 12.8. The summed E-state index contributed by atoms with van der Waals surface area (Å²) in [4.78, 5) is 5.07. The van der Waals surface area contributed by atoms with Crippen LogP contribution in [0.5, 0.6) is 0 Å². The molecule has 0 aliphatic heterocycles. The second-order valence-electron chi connectivity index (χ2n) is 3.84. The number of benzene rings is 2. The first-order valence-corrected chi connectivity index (χ1v) is 5.68. The van der Waals surface area contributed by atoms with Gasteiger partial charge in [0.25, 0.3) is 0 Å². The zero-order valence-corrected chi connectivity index (χ0v) is 10.1. The van der Waals surface area contributed by atoms with Crippen LogP contribution in [-0.4, -0.2) is 6.21 Å². The highest BCUT2D eigenvalue weighted by Crippen LogP contribution is 2.06. The third-order valence-corrected chi connectivity index (χ3v) is 2.49. The van der Waals surface area contributed by atoms with Gasteiger partial charge in [0.05, 0.1) is 17.8 Å². The average Bonchev–Trinajstić information content (AvgIpc) is 2.46. The van der Waals surface area contributed by atoms with Crippen molar-refractivity contribution < 1.29 is 9.23 Å². The summed E-state index contributed by atoms with van der Waals surface area (Å²) in [6, 6.07) is 15.4. The van der Waals surface area contributed by atoms with Crippen molar-refractivity contribution in [1.29, 1.82) is 5.26 Å². The van der Waals surface area contributed by atoms with Crippen LogP contribution in [0.1, 0.15) is 16.7 Å². The third kappa shape index (κ3) is 3.65. The van der Waals surface area contributed by atoms with Gasteiger partial charge in [0.15, 0.2) is 0 Å². The molecule has 0 saturated carbocycles. The van der Waals surface area contributed by atoms with Crippen molar-refractivity contribution in [2.45, 2.75) is 6.61 Å². The summed E-state index contributed by atoms with van der Waals surface area (Å²) in [5.41, 5.74) is 1.87. The smallest absolute Gasteiger partial charge is 0.142 e. The maximum atomic E-state index is 13.2. The summed E-state index contributed by atoms with van der Waals surface area (Å²) >= 11 is 0. The van der Waals surface area contributed by atoms with Crippen molar-refractivity contribution in [2.75, 3.05) is 0 Å². The van der Waals surface area contributed by atoms with E-state index in [0.717, 1.165) is 5.56 Å². The van der Waals surface area contributed by atoms with Crippen molar-refractivity contribution in [3.05, 3.63) is 71.0 Å². The van der Waals surface area contributed by atoms with Gasteiger partial charge < -0.3 is 4.84 Å². The SMILES string of the molecule is N#Cc1ccc(CO/N=C\c2ccccc2F)cc1. The molecule has 0 N–H and O–H groups in total. The second kappa shape index (κ2) is 6.31. The van der Waals surface area contributed by atoms with Gasteiger partial charge >= 0.3 is 0 Å². The van der Waals surface area contributed by atoms with Gasteiger partial charge in [-0.05, 0) is 23.8 Å². The number of nitrogens with zero attached hydrogens (tertiary/aromatic N) is 2. The van der Waals surface area contributed by atoms with Crippen LogP contribution < -0.4 is 0 Å². The third-order valence-electron chi connectivity index (χ3n) is 2.49. The first-order chi connectivity index (χ1) is 9.29. The molecule has 0 amide bonds. The molecule has 3 nitrogen and oxygen atoms in total. The van der Waals surface area contributed by atoms with Crippen LogP contribution in [0.3, 0.4) is 0 Å². The molecule has 0 fully saturated rings. The Morgan fingerprint density at radius 1 is 1.16 bits per heavy atom. The minimum atomic E-state index is -0.340. The summed E-state index contributed by atoms with van der Waals surface area (Å²) in [5.74, 6) is -0.340. The first-order valence-electron chi connectivity index (χ1n) is 5.68. The standard InChI is InChI=1S/C15H11FN2O/c16-15-4-2-1-3-14(15)10-18-19-11-13-7-5-12(9-17)6-8-13/h1-8,10H,11H2/b18-10-. The van der Waals surface area contributed by atoms with Crippen molar-refractivity contribution in [3.63, 3.8) is 0 Å². The summed E-state index contributed by atoms with van der Waals surface area (Å²) in [5, 5.41) is 12.4. The summed E-state index contributed by atoms with van der Waals surface area (Å²) < 4.78 is 13.2. The quantitative estimate of drug-likeness (QED) is 0.621. The molecule has 0 saturated heterocycles. The topological polar surface area (TPSA) is 45.4 Å². The van der Waals surface area contributed by atoms with Gasteiger partial charge in [0.2, 0.25) is 0 Å². The Labute approximate surface area is 110 Å². The summed E-state index contributed by atoms with van der Waals surface area (Å²) in [7, 11) is 0. The Kier molecular flexibility index (Phi) is 4.25. The lowest BCUT2D eigenvalue weighted by Crippen LogP contribution is -1.90. The van der Waals surface area contributed by atoms with E-state index in [2.05, 4.69) is 5.16 Å². The van der Waals surface area contributed by atoms with E-state index >= 15 is 0 Å². The fraction of sp³-hybridized carbons (Fsp3) is 0.0667. The Balaban J connectivity index is 1.90. The average molecular weight is 254 g/mol. The molecule has 0 heterocycles. The van der Waals surface area contributed by atoms with Crippen LogP contribution >= 0.6 is 0 Å². The Bertz CT molecular complexity index is 615. The molecule has 0 radical (unpaired) electrons. The Morgan fingerprint density at radius 2 is 1.89 bits per heavy atom. The Hall–Kier alpha value is -2.67. The van der Waals surface area contributed by atoms with E-state index in [1.54, 1.807) is 42.5 Å². The second-order valence-corrected chi connectivity index (χ2v) is 3.84. The van der Waals surface area contributed by atoms with E-state index < -0.39 is 0 Å². The van der Waals surface area contributed by atoms with E-state index in [1.807, 2.05) is 6.07 Å². The van der Waals surface area contributed by atoms with Crippen LogP contribution in [-0.2, 0) is 11.4 Å². The predicted molar refractivity (Wildman–Crippen MR) is 69.9 cm³/mol. The van der Waals surface area contributed by atoms with E-state index in [-0.39, 0.29) is 12.4 Å². The number of hydrogen-bond donors (Lipinski definition) is 0. The highest BCUT2D eigenvalue weighted by Gasteiger charge is 1.96. The van der Waals surface area contributed by atoms with E-state index in [9.17, 15) is 4.39 Å². The van der Waals surface area contributed by atoms with Gasteiger partial charge in [-0.25, -0.2) is 4.39 Å². The summed E-state index contributed by atoms with van der Waals surface area (Å²) in [6.07, 6.45) is 1.33. The number of hydrogen-bond acceptors (Lipinski definition) is 3. The van der Waals surface area contributed by atoms with Gasteiger partial charge in [0.1, 0.15) is 12.4 Å². The van der Waals surface area contributed by atoms with Crippen molar-refractivity contribution in [3.8, 4) is 6.07 Å². The van der Waals surface area contributed by atoms with Gasteiger partial charge in [-0.3, -0.25) is 0 Å². The fourth-order valence-corrected chi connectivity index (χ4v) is 1.46. The zero-order valence-electron chi connectivity index (χ0n) is 10.1. The predicted octanol–water partition coefficient (Wildman–Crippen LogP) is 3.25. The molecule has 0 aliphatic carbocycles. The van der Waals surface area contributed by atoms with Crippen LogP contribution in [0.4, 0.5) is 4.39 Å². The molecule has 0 atom stereocenters. The van der Waals surface area contributed by atoms with Gasteiger partial charge in [-0.2, -0.15) is 5.26 Å². The molecule has 2 rings (SSSR count). The van der Waals surface area contributed by atoms with Crippen molar-refractivity contribution >= 4 is 6.21 Å². The lowest BCUT2D eigenvalue weighted by molar-refractivity contribution is 0.132. The molecule has 0 aliphatic rings. The minimum Gasteiger partial charge on any atom is -0.391 e. The van der Waals surface area contributed by atoms with Gasteiger partial charge in [-0.15, -0.1) is 0 Å². The maximum Gasteiger partial charge on any atom is 0.142 e. The normalized spacial score (nSPS) is 10.3. The van der Waals surface area contributed by atoms with Gasteiger partial charge in [0, 0.05) is 5.56 Å². The van der Waals surface area contributed by atoms with Crippen LogP contribution in [0.15, 0.2) is 53.7 Å². The van der Waals surface area contributed by atoms with Crippen LogP contribution in [0, 0.1) is 17.1 Å². The Morgan fingerprint density at radius 3 is 2.58 bits per heavy atom. The van der Waals surface area contributed by atoms with E-state index in [1.165, 1.54) is 12.3 Å². The van der Waals surface area contributed by atoms with Crippen LogP contribution in [0.25, 0.3) is 0 Å². The molecule has 0 unspecified atom stereocenters.